The molecule has 2 heterocycles. The van der Waals surface area contributed by atoms with Gasteiger partial charge in [0.25, 0.3) is 0 Å². The fraction of sp³-hybridized carbons (Fsp3) is 0.0244. The zero-order valence-electron chi connectivity index (χ0n) is 23.3. The first-order chi connectivity index (χ1) is 21.3. The van der Waals surface area contributed by atoms with E-state index in [1.165, 1.54) is 60.7 Å². The van der Waals surface area contributed by atoms with Gasteiger partial charge in [-0.2, -0.15) is 0 Å². The molecule has 0 unspecified atom stereocenters. The van der Waals surface area contributed by atoms with Gasteiger partial charge >= 0.3 is 0 Å². The Kier molecular flexibility index (Phi) is 4.41. The van der Waals surface area contributed by atoms with E-state index in [2.05, 4.69) is 140 Å². The molecular weight excluding hydrogens is 520 g/mol. The molecule has 0 aliphatic heterocycles. The summed E-state index contributed by atoms with van der Waals surface area (Å²) in [6.07, 6.45) is 1.97. The predicted molar refractivity (Wildman–Crippen MR) is 176 cm³/mol. The molecule has 6 aromatic carbocycles. The second kappa shape index (κ2) is 8.24. The summed E-state index contributed by atoms with van der Waals surface area (Å²) in [5, 5.41) is 6.00. The van der Waals surface area contributed by atoms with Crippen LogP contribution in [0.1, 0.15) is 22.4 Å². The summed E-state index contributed by atoms with van der Waals surface area (Å²) in [5.41, 5.74) is 12.5. The highest BCUT2D eigenvalue weighted by molar-refractivity contribution is 6.15. The molecule has 2 aliphatic carbocycles. The van der Waals surface area contributed by atoms with Crippen LogP contribution in [0.3, 0.4) is 0 Å². The molecule has 10 rings (SSSR count). The number of aromatic nitrogens is 2. The Labute approximate surface area is 248 Å². The number of pyridine rings is 2. The first kappa shape index (κ1) is 23.0. The first-order valence-corrected chi connectivity index (χ1v) is 14.8. The lowest BCUT2D eigenvalue weighted by Gasteiger charge is -2.38. The monoisotopic (exact) mass is 544 g/mol. The van der Waals surface area contributed by atoms with E-state index in [1.54, 1.807) is 0 Å². The molecule has 0 N–H and O–H groups in total. The highest BCUT2D eigenvalue weighted by atomic mass is 14.8. The van der Waals surface area contributed by atoms with Crippen molar-refractivity contribution in [3.05, 3.63) is 168 Å². The maximum absolute atomic E-state index is 5.61. The van der Waals surface area contributed by atoms with Crippen molar-refractivity contribution in [1.82, 2.24) is 9.97 Å². The second-order valence-corrected chi connectivity index (χ2v) is 11.7. The Morgan fingerprint density at radius 2 is 1.07 bits per heavy atom. The molecule has 8 aromatic rings. The molecule has 198 valence electrons. The van der Waals surface area contributed by atoms with E-state index in [-0.39, 0.29) is 0 Å². The quantitative estimate of drug-likeness (QED) is 0.192. The van der Waals surface area contributed by atoms with Gasteiger partial charge in [0.15, 0.2) is 0 Å². The Bertz CT molecular complexity index is 2430. The first-order valence-electron chi connectivity index (χ1n) is 14.8. The number of hydrogen-bond donors (Lipinski definition) is 0. The maximum atomic E-state index is 5.61. The highest BCUT2D eigenvalue weighted by Gasteiger charge is 2.51. The molecule has 0 saturated heterocycles. The molecule has 2 nitrogen and oxygen atoms in total. The van der Waals surface area contributed by atoms with Gasteiger partial charge in [-0.1, -0.05) is 115 Å². The molecular formula is C41H24N2. The normalized spacial score (nSPS) is 13.8. The van der Waals surface area contributed by atoms with E-state index in [0.29, 0.717) is 0 Å². The molecule has 43 heavy (non-hydrogen) atoms. The molecule has 0 atom stereocenters. The lowest BCUT2D eigenvalue weighted by Crippen LogP contribution is -2.33. The summed E-state index contributed by atoms with van der Waals surface area (Å²) >= 11 is 0. The minimum atomic E-state index is -0.525. The van der Waals surface area contributed by atoms with Gasteiger partial charge in [0, 0.05) is 22.5 Å². The number of rotatable bonds is 1. The average Bonchev–Trinajstić information content (AvgIpc) is 3.37. The summed E-state index contributed by atoms with van der Waals surface area (Å²) in [4.78, 5) is 10.6. The van der Waals surface area contributed by atoms with Crippen LogP contribution < -0.4 is 0 Å². The third kappa shape index (κ3) is 2.88. The van der Waals surface area contributed by atoms with Crippen molar-refractivity contribution in [1.29, 1.82) is 0 Å². The van der Waals surface area contributed by atoms with Crippen LogP contribution in [-0.2, 0) is 5.41 Å². The van der Waals surface area contributed by atoms with E-state index < -0.39 is 5.41 Å². The van der Waals surface area contributed by atoms with Gasteiger partial charge in [-0.3, -0.25) is 9.97 Å². The van der Waals surface area contributed by atoms with E-state index in [0.717, 1.165) is 27.7 Å². The molecule has 2 aromatic heterocycles. The number of nitrogens with zero attached hydrogens (tertiary/aromatic N) is 2. The zero-order chi connectivity index (χ0) is 28.1. The SMILES string of the molecule is c1ccc2c(c1)-c1ccccc1C21c2ccccc2-c2nccc3c2c1nc1ccc(-c2ccc4ccccc4c2)cc13. The molecule has 0 amide bonds. The van der Waals surface area contributed by atoms with Crippen LogP contribution in [0.4, 0.5) is 0 Å². The molecule has 0 fully saturated rings. The highest BCUT2D eigenvalue weighted by Crippen LogP contribution is 2.61. The van der Waals surface area contributed by atoms with Crippen molar-refractivity contribution in [3.63, 3.8) is 0 Å². The maximum Gasteiger partial charge on any atom is 0.0899 e. The van der Waals surface area contributed by atoms with Crippen molar-refractivity contribution in [2.24, 2.45) is 0 Å². The predicted octanol–water partition coefficient (Wildman–Crippen LogP) is 9.95. The van der Waals surface area contributed by atoms with Gasteiger partial charge in [-0.25, -0.2) is 0 Å². The molecule has 2 aliphatic rings. The standard InChI is InChI=1S/C41H24N2/c1-2-10-26-23-27(18-17-25(26)9-1)28-19-20-37-33(24-28)31-21-22-42-39-32-13-5-8-16-36(32)41(40(43-37)38(31)39)34-14-6-3-11-29(34)30-12-4-7-15-35(30)41/h1-24H. The second-order valence-electron chi connectivity index (χ2n) is 11.7. The van der Waals surface area contributed by atoms with Crippen LogP contribution in [0.5, 0.6) is 0 Å². The van der Waals surface area contributed by atoms with E-state index >= 15 is 0 Å². The van der Waals surface area contributed by atoms with Gasteiger partial charge in [-0.05, 0) is 79.4 Å². The third-order valence-corrected chi connectivity index (χ3v) is 9.68. The Morgan fingerprint density at radius 3 is 1.84 bits per heavy atom. The van der Waals surface area contributed by atoms with Gasteiger partial charge in [0.2, 0.25) is 0 Å². The molecule has 0 bridgehead atoms. The van der Waals surface area contributed by atoms with Crippen LogP contribution in [-0.4, -0.2) is 9.97 Å². The Morgan fingerprint density at radius 1 is 0.465 bits per heavy atom. The molecule has 2 heteroatoms. The van der Waals surface area contributed by atoms with Gasteiger partial charge in [0.1, 0.15) is 0 Å². The topological polar surface area (TPSA) is 25.8 Å². The van der Waals surface area contributed by atoms with Gasteiger partial charge < -0.3 is 0 Å². The molecule has 1 spiro atoms. The van der Waals surface area contributed by atoms with E-state index in [4.69, 9.17) is 9.97 Å². The lowest BCUT2D eigenvalue weighted by molar-refractivity contribution is 0.744. The zero-order valence-corrected chi connectivity index (χ0v) is 23.3. The summed E-state index contributed by atoms with van der Waals surface area (Å²) in [5.74, 6) is 0. The summed E-state index contributed by atoms with van der Waals surface area (Å²) in [6.45, 7) is 0. The van der Waals surface area contributed by atoms with Gasteiger partial charge in [-0.15, -0.1) is 0 Å². The molecule has 0 radical (unpaired) electrons. The Hall–Kier alpha value is -5.60. The van der Waals surface area contributed by atoms with E-state index in [9.17, 15) is 0 Å². The van der Waals surface area contributed by atoms with Crippen molar-refractivity contribution in [2.45, 2.75) is 5.41 Å². The third-order valence-electron chi connectivity index (χ3n) is 9.68. The van der Waals surface area contributed by atoms with Crippen molar-refractivity contribution in [2.75, 3.05) is 0 Å². The van der Waals surface area contributed by atoms with Crippen molar-refractivity contribution >= 4 is 32.4 Å². The number of hydrogen-bond acceptors (Lipinski definition) is 2. The average molecular weight is 545 g/mol. The summed E-state index contributed by atoms with van der Waals surface area (Å²) in [7, 11) is 0. The van der Waals surface area contributed by atoms with Crippen LogP contribution in [0, 0.1) is 0 Å². The fourth-order valence-electron chi connectivity index (χ4n) is 7.90. The molecule has 0 saturated carbocycles. The van der Waals surface area contributed by atoms with Crippen LogP contribution >= 0.6 is 0 Å². The smallest absolute Gasteiger partial charge is 0.0899 e. The number of fused-ring (bicyclic) bond motifs is 12. The van der Waals surface area contributed by atoms with Crippen LogP contribution in [0.2, 0.25) is 0 Å². The van der Waals surface area contributed by atoms with Gasteiger partial charge in [0.05, 0.1) is 22.3 Å². The lowest BCUT2D eigenvalue weighted by atomic mass is 9.64. The van der Waals surface area contributed by atoms with Crippen LogP contribution in [0.15, 0.2) is 146 Å². The largest absolute Gasteiger partial charge is 0.256 e. The minimum Gasteiger partial charge on any atom is -0.256 e. The minimum absolute atomic E-state index is 0.525. The number of benzene rings is 6. The Balaban J connectivity index is 1.34. The van der Waals surface area contributed by atoms with Crippen molar-refractivity contribution in [3.8, 4) is 33.5 Å². The van der Waals surface area contributed by atoms with E-state index in [1.807, 2.05) is 6.20 Å². The summed E-state index contributed by atoms with van der Waals surface area (Å²) in [6, 6.07) is 50.8. The summed E-state index contributed by atoms with van der Waals surface area (Å²) < 4.78 is 0. The van der Waals surface area contributed by atoms with Crippen LogP contribution in [0.25, 0.3) is 66.0 Å². The van der Waals surface area contributed by atoms with Crippen molar-refractivity contribution < 1.29 is 0 Å². The fourth-order valence-corrected chi connectivity index (χ4v) is 7.90.